The van der Waals surface area contributed by atoms with Gasteiger partial charge in [-0.25, -0.2) is 4.68 Å². The molecule has 1 aromatic heterocycles. The van der Waals surface area contributed by atoms with Crippen molar-refractivity contribution in [2.45, 2.75) is 6.54 Å². The van der Waals surface area contributed by atoms with Crippen LogP contribution in [-0.4, -0.2) is 33.9 Å². The number of hydrogen-bond donors (Lipinski definition) is 2. The third-order valence-electron chi connectivity index (χ3n) is 3.67. The molecule has 0 aliphatic rings. The molecule has 0 aliphatic carbocycles. The van der Waals surface area contributed by atoms with Crippen molar-refractivity contribution in [3.8, 4) is 0 Å². The fraction of sp³-hybridized carbons (Fsp3) is 0.111. The summed E-state index contributed by atoms with van der Waals surface area (Å²) < 4.78 is 1.45. The number of rotatable bonds is 5. The summed E-state index contributed by atoms with van der Waals surface area (Å²) >= 11 is 6.25. The van der Waals surface area contributed by atoms with Crippen LogP contribution in [0.15, 0.2) is 54.6 Å². The number of anilines is 1. The van der Waals surface area contributed by atoms with Gasteiger partial charge in [0.1, 0.15) is 0 Å². The maximum Gasteiger partial charge on any atom is 0.279 e. The fourth-order valence-corrected chi connectivity index (χ4v) is 2.59. The van der Waals surface area contributed by atoms with E-state index in [1.807, 2.05) is 30.3 Å². The molecule has 0 radical (unpaired) electrons. The van der Waals surface area contributed by atoms with E-state index in [0.717, 1.165) is 5.56 Å². The number of nitrogens with one attached hydrogen (secondary N) is 2. The van der Waals surface area contributed by atoms with E-state index < -0.39 is 5.91 Å². The Balaban J connectivity index is 1.76. The van der Waals surface area contributed by atoms with E-state index in [1.165, 1.54) is 4.68 Å². The van der Waals surface area contributed by atoms with Crippen molar-refractivity contribution in [2.24, 2.45) is 0 Å². The van der Waals surface area contributed by atoms with Gasteiger partial charge in [-0.3, -0.25) is 9.59 Å². The van der Waals surface area contributed by atoms with Gasteiger partial charge in [0.2, 0.25) is 0 Å². The standard InChI is InChI=1S/C18H16ClN5O2/c1-20-17(25)13-8-5-9-14(10-13)21-18(26)15-16(19)24(23-22-15)11-12-6-3-2-4-7-12/h2-10H,11H2,1H3,(H,20,25)(H,21,26). The Morgan fingerprint density at radius 3 is 2.58 bits per heavy atom. The summed E-state index contributed by atoms with van der Waals surface area (Å²) in [6.07, 6.45) is 0. The van der Waals surface area contributed by atoms with E-state index >= 15 is 0 Å². The second-order valence-electron chi connectivity index (χ2n) is 5.49. The van der Waals surface area contributed by atoms with Gasteiger partial charge >= 0.3 is 0 Å². The molecular weight excluding hydrogens is 354 g/mol. The highest BCUT2D eigenvalue weighted by molar-refractivity contribution is 6.33. The van der Waals surface area contributed by atoms with Crippen molar-refractivity contribution in [3.63, 3.8) is 0 Å². The zero-order valence-corrected chi connectivity index (χ0v) is 14.7. The molecule has 2 aromatic carbocycles. The van der Waals surface area contributed by atoms with Crippen LogP contribution in [0, 0.1) is 0 Å². The molecule has 0 fully saturated rings. The number of halogens is 1. The van der Waals surface area contributed by atoms with E-state index in [9.17, 15) is 9.59 Å². The summed E-state index contributed by atoms with van der Waals surface area (Å²) in [6.45, 7) is 0.409. The molecule has 26 heavy (non-hydrogen) atoms. The third-order valence-corrected chi connectivity index (χ3v) is 4.05. The summed E-state index contributed by atoms with van der Waals surface area (Å²) in [6, 6.07) is 16.2. The molecule has 0 aliphatic heterocycles. The lowest BCUT2D eigenvalue weighted by Gasteiger charge is -2.06. The number of benzene rings is 2. The Bertz CT molecular complexity index is 940. The van der Waals surface area contributed by atoms with Gasteiger partial charge in [-0.2, -0.15) is 0 Å². The van der Waals surface area contributed by atoms with E-state index in [0.29, 0.717) is 17.8 Å². The average Bonchev–Trinajstić information content (AvgIpc) is 3.02. The van der Waals surface area contributed by atoms with Crippen LogP contribution in [0.5, 0.6) is 0 Å². The molecule has 8 heteroatoms. The number of carbonyl (C=O) groups excluding carboxylic acids is 2. The second-order valence-corrected chi connectivity index (χ2v) is 5.84. The predicted octanol–water partition coefficient (Wildman–Crippen LogP) is 2.59. The molecule has 2 N–H and O–H groups in total. The molecule has 2 amide bonds. The summed E-state index contributed by atoms with van der Waals surface area (Å²) in [5.41, 5.74) is 1.91. The van der Waals surface area contributed by atoms with Crippen LogP contribution in [0.3, 0.4) is 0 Å². The monoisotopic (exact) mass is 369 g/mol. The molecule has 0 unspecified atom stereocenters. The summed E-state index contributed by atoms with van der Waals surface area (Å²) in [7, 11) is 1.54. The first-order chi connectivity index (χ1) is 12.6. The van der Waals surface area contributed by atoms with Gasteiger partial charge in [0, 0.05) is 18.3 Å². The highest BCUT2D eigenvalue weighted by Gasteiger charge is 2.19. The summed E-state index contributed by atoms with van der Waals surface area (Å²) in [5.74, 6) is -0.740. The number of amides is 2. The van der Waals surface area contributed by atoms with Gasteiger partial charge in [-0.15, -0.1) is 5.10 Å². The van der Waals surface area contributed by atoms with Crippen LogP contribution in [0.2, 0.25) is 5.15 Å². The Morgan fingerprint density at radius 1 is 1.08 bits per heavy atom. The molecule has 0 atom stereocenters. The van der Waals surface area contributed by atoms with Crippen LogP contribution < -0.4 is 10.6 Å². The van der Waals surface area contributed by atoms with Crippen LogP contribution in [-0.2, 0) is 6.54 Å². The van der Waals surface area contributed by atoms with Crippen molar-refractivity contribution < 1.29 is 9.59 Å². The van der Waals surface area contributed by atoms with Crippen molar-refractivity contribution in [1.82, 2.24) is 20.3 Å². The maximum absolute atomic E-state index is 12.4. The highest BCUT2D eigenvalue weighted by atomic mass is 35.5. The van der Waals surface area contributed by atoms with Crippen LogP contribution in [0.1, 0.15) is 26.4 Å². The van der Waals surface area contributed by atoms with Crippen molar-refractivity contribution >= 4 is 29.1 Å². The molecule has 0 saturated carbocycles. The first-order valence-electron chi connectivity index (χ1n) is 7.85. The minimum absolute atomic E-state index is 0.0212. The second kappa shape index (κ2) is 7.79. The van der Waals surface area contributed by atoms with E-state index in [2.05, 4.69) is 20.9 Å². The Labute approximate surface area is 155 Å². The zero-order chi connectivity index (χ0) is 18.5. The molecule has 0 bridgehead atoms. The van der Waals surface area contributed by atoms with Crippen LogP contribution in [0.4, 0.5) is 5.69 Å². The predicted molar refractivity (Wildman–Crippen MR) is 98.4 cm³/mol. The van der Waals surface area contributed by atoms with Gasteiger partial charge in [-0.05, 0) is 23.8 Å². The Kier molecular flexibility index (Phi) is 5.28. The maximum atomic E-state index is 12.4. The van der Waals surface area contributed by atoms with Gasteiger partial charge in [-0.1, -0.05) is 53.2 Å². The fourth-order valence-electron chi connectivity index (χ4n) is 2.37. The van der Waals surface area contributed by atoms with Crippen molar-refractivity contribution in [2.75, 3.05) is 12.4 Å². The van der Waals surface area contributed by atoms with Gasteiger partial charge in [0.05, 0.1) is 6.54 Å². The van der Waals surface area contributed by atoms with Crippen molar-refractivity contribution in [1.29, 1.82) is 0 Å². The largest absolute Gasteiger partial charge is 0.355 e. The molecule has 0 spiro atoms. The molecule has 1 heterocycles. The molecule has 3 aromatic rings. The molecule has 132 valence electrons. The third kappa shape index (κ3) is 3.89. The number of hydrogen-bond acceptors (Lipinski definition) is 4. The highest BCUT2D eigenvalue weighted by Crippen LogP contribution is 2.17. The Hall–Kier alpha value is -3.19. The number of carbonyl (C=O) groups is 2. The van der Waals surface area contributed by atoms with E-state index in [-0.39, 0.29) is 16.8 Å². The first-order valence-corrected chi connectivity index (χ1v) is 8.22. The minimum Gasteiger partial charge on any atom is -0.355 e. The van der Waals surface area contributed by atoms with Gasteiger partial charge in [0.25, 0.3) is 11.8 Å². The van der Waals surface area contributed by atoms with Gasteiger partial charge < -0.3 is 10.6 Å². The minimum atomic E-state index is -0.497. The first kappa shape index (κ1) is 17.6. The van der Waals surface area contributed by atoms with E-state index in [4.69, 9.17) is 11.6 Å². The molecule has 0 saturated heterocycles. The topological polar surface area (TPSA) is 88.9 Å². The quantitative estimate of drug-likeness (QED) is 0.723. The summed E-state index contributed by atoms with van der Waals surface area (Å²) in [4.78, 5) is 24.1. The zero-order valence-electron chi connectivity index (χ0n) is 13.9. The average molecular weight is 370 g/mol. The Morgan fingerprint density at radius 2 is 1.85 bits per heavy atom. The number of aromatic nitrogens is 3. The lowest BCUT2D eigenvalue weighted by atomic mass is 10.2. The van der Waals surface area contributed by atoms with Crippen LogP contribution in [0.25, 0.3) is 0 Å². The normalized spacial score (nSPS) is 10.4. The van der Waals surface area contributed by atoms with E-state index in [1.54, 1.807) is 31.3 Å². The van der Waals surface area contributed by atoms with Gasteiger partial charge in [0.15, 0.2) is 10.8 Å². The summed E-state index contributed by atoms with van der Waals surface area (Å²) in [5, 5.41) is 13.2. The molecule has 7 nitrogen and oxygen atoms in total. The molecular formula is C18H16ClN5O2. The lowest BCUT2D eigenvalue weighted by Crippen LogP contribution is -2.18. The van der Waals surface area contributed by atoms with Crippen LogP contribution >= 0.6 is 11.6 Å². The SMILES string of the molecule is CNC(=O)c1cccc(NC(=O)c2nnn(Cc3ccccc3)c2Cl)c1. The smallest absolute Gasteiger partial charge is 0.279 e. The van der Waals surface area contributed by atoms with Crippen molar-refractivity contribution in [3.05, 3.63) is 76.6 Å². The number of nitrogens with zero attached hydrogens (tertiary/aromatic N) is 3. The molecule has 3 rings (SSSR count). The lowest BCUT2D eigenvalue weighted by molar-refractivity contribution is 0.0961.